The van der Waals surface area contributed by atoms with Crippen LogP contribution in [0.25, 0.3) is 10.9 Å². The van der Waals surface area contributed by atoms with Crippen LogP contribution in [0.4, 0.5) is 11.4 Å². The Labute approximate surface area is 188 Å². The van der Waals surface area contributed by atoms with Crippen LogP contribution in [0, 0.1) is 6.92 Å². The minimum absolute atomic E-state index is 0.00474. The normalized spacial score (nSPS) is 15.2. The number of nitrogens with zero attached hydrogens (tertiary/aromatic N) is 2. The molecule has 3 aromatic rings. The summed E-state index contributed by atoms with van der Waals surface area (Å²) in [7, 11) is 1.80. The Kier molecular flexibility index (Phi) is 6.58. The zero-order valence-corrected chi connectivity index (χ0v) is 18.9. The SMILES string of the molecule is Cc1[nH]c2ccccc2c1C(=O)C(C)N(C)CC(=O)Nc1ccc(N2CCOCC2)cc1. The number of hydrogen-bond donors (Lipinski definition) is 2. The number of carbonyl (C=O) groups excluding carboxylic acids is 2. The summed E-state index contributed by atoms with van der Waals surface area (Å²) < 4.78 is 5.39. The number of anilines is 2. The molecule has 0 aliphatic carbocycles. The maximum Gasteiger partial charge on any atom is 0.238 e. The minimum atomic E-state index is -0.428. The Hall–Kier alpha value is -3.16. The van der Waals surface area contributed by atoms with E-state index in [-0.39, 0.29) is 18.2 Å². The number of rotatable bonds is 7. The van der Waals surface area contributed by atoms with Gasteiger partial charge in [0.1, 0.15) is 0 Å². The predicted octanol–water partition coefficient (Wildman–Crippen LogP) is 3.45. The van der Waals surface area contributed by atoms with Crippen LogP contribution in [0.3, 0.4) is 0 Å². The second-order valence-corrected chi connectivity index (χ2v) is 8.32. The van der Waals surface area contributed by atoms with Crippen LogP contribution in [0.15, 0.2) is 48.5 Å². The summed E-state index contributed by atoms with van der Waals surface area (Å²) in [6.07, 6.45) is 0. The van der Waals surface area contributed by atoms with Gasteiger partial charge in [-0.3, -0.25) is 14.5 Å². The van der Waals surface area contributed by atoms with Gasteiger partial charge >= 0.3 is 0 Å². The number of amides is 1. The van der Waals surface area contributed by atoms with Gasteiger partial charge in [-0.2, -0.15) is 0 Å². The van der Waals surface area contributed by atoms with Gasteiger partial charge in [0.2, 0.25) is 5.91 Å². The van der Waals surface area contributed by atoms with Gasteiger partial charge in [-0.05, 0) is 51.2 Å². The van der Waals surface area contributed by atoms with E-state index in [1.165, 1.54) is 0 Å². The molecule has 1 aliphatic rings. The lowest BCUT2D eigenvalue weighted by atomic mass is 10.0. The molecule has 168 valence electrons. The van der Waals surface area contributed by atoms with Crippen molar-refractivity contribution in [3.05, 3.63) is 59.8 Å². The summed E-state index contributed by atoms with van der Waals surface area (Å²) in [4.78, 5) is 33.1. The summed E-state index contributed by atoms with van der Waals surface area (Å²) in [5.41, 5.74) is 4.35. The molecular weight excluding hydrogens is 404 g/mol. The van der Waals surface area contributed by atoms with Crippen molar-refractivity contribution in [2.45, 2.75) is 19.9 Å². The average molecular weight is 435 g/mol. The fourth-order valence-electron chi connectivity index (χ4n) is 4.14. The van der Waals surface area contributed by atoms with Crippen molar-refractivity contribution in [2.75, 3.05) is 50.1 Å². The van der Waals surface area contributed by atoms with Gasteiger partial charge in [-0.15, -0.1) is 0 Å². The summed E-state index contributed by atoms with van der Waals surface area (Å²) in [6, 6.07) is 15.2. The van der Waals surface area contributed by atoms with Crippen molar-refractivity contribution in [1.29, 1.82) is 0 Å². The van der Waals surface area contributed by atoms with Crippen LogP contribution in [0.2, 0.25) is 0 Å². The van der Waals surface area contributed by atoms with E-state index in [0.29, 0.717) is 5.56 Å². The molecule has 1 unspecified atom stereocenters. The zero-order chi connectivity index (χ0) is 22.7. The third kappa shape index (κ3) is 4.69. The van der Waals surface area contributed by atoms with Gasteiger partial charge in [0, 0.05) is 46.6 Å². The molecule has 0 bridgehead atoms. The number of Topliss-reactive ketones (excluding diaryl/α,β-unsaturated/α-hetero) is 1. The molecule has 32 heavy (non-hydrogen) atoms. The van der Waals surface area contributed by atoms with Gasteiger partial charge in [-0.1, -0.05) is 18.2 Å². The molecular formula is C25H30N4O3. The Bertz CT molecular complexity index is 1100. The number of carbonyl (C=O) groups is 2. The molecule has 1 aliphatic heterocycles. The largest absolute Gasteiger partial charge is 0.378 e. The number of fused-ring (bicyclic) bond motifs is 1. The fraction of sp³-hybridized carbons (Fsp3) is 0.360. The summed E-state index contributed by atoms with van der Waals surface area (Å²) in [5.74, 6) is -0.146. The number of benzene rings is 2. The quantitative estimate of drug-likeness (QED) is 0.557. The van der Waals surface area contributed by atoms with Crippen molar-refractivity contribution in [2.24, 2.45) is 0 Å². The Morgan fingerprint density at radius 1 is 1.12 bits per heavy atom. The number of morpholine rings is 1. The van der Waals surface area contributed by atoms with E-state index in [4.69, 9.17) is 4.74 Å². The smallest absolute Gasteiger partial charge is 0.238 e. The van der Waals surface area contributed by atoms with E-state index >= 15 is 0 Å². The Morgan fingerprint density at radius 2 is 1.81 bits per heavy atom. The number of nitrogens with one attached hydrogen (secondary N) is 2. The number of ketones is 1. The number of para-hydroxylation sites is 1. The van der Waals surface area contributed by atoms with Gasteiger partial charge in [-0.25, -0.2) is 0 Å². The highest BCUT2D eigenvalue weighted by Gasteiger charge is 2.25. The molecule has 2 N–H and O–H groups in total. The second-order valence-electron chi connectivity index (χ2n) is 8.32. The molecule has 1 amide bonds. The monoisotopic (exact) mass is 434 g/mol. The van der Waals surface area contributed by atoms with E-state index in [1.807, 2.05) is 62.4 Å². The lowest BCUT2D eigenvalue weighted by molar-refractivity contribution is -0.117. The predicted molar refractivity (Wildman–Crippen MR) is 128 cm³/mol. The standard InChI is InChI=1S/C25H30N4O3/c1-17-24(21-6-4-5-7-22(21)26-17)25(31)18(2)28(3)16-23(30)27-19-8-10-20(11-9-19)29-12-14-32-15-13-29/h4-11,18,26H,12-16H2,1-3H3,(H,27,30). The van der Waals surface area contributed by atoms with Crippen LogP contribution in [0.1, 0.15) is 23.0 Å². The van der Waals surface area contributed by atoms with E-state index < -0.39 is 6.04 Å². The Balaban J connectivity index is 1.36. The molecule has 0 spiro atoms. The topological polar surface area (TPSA) is 77.7 Å². The van der Waals surface area contributed by atoms with E-state index in [9.17, 15) is 9.59 Å². The first-order chi connectivity index (χ1) is 15.4. The zero-order valence-electron chi connectivity index (χ0n) is 18.9. The summed E-state index contributed by atoms with van der Waals surface area (Å²) >= 11 is 0. The number of likely N-dealkylation sites (N-methyl/N-ethyl adjacent to an activating group) is 1. The van der Waals surface area contributed by atoms with Crippen LogP contribution in [-0.2, 0) is 9.53 Å². The molecule has 1 saturated heterocycles. The van der Waals surface area contributed by atoms with Crippen molar-refractivity contribution >= 4 is 34.0 Å². The first-order valence-corrected chi connectivity index (χ1v) is 11.0. The first-order valence-electron chi connectivity index (χ1n) is 11.0. The van der Waals surface area contributed by atoms with Crippen molar-refractivity contribution < 1.29 is 14.3 Å². The van der Waals surface area contributed by atoms with E-state index in [1.54, 1.807) is 11.9 Å². The molecule has 1 fully saturated rings. The number of ether oxygens (including phenoxy) is 1. The average Bonchev–Trinajstić information content (AvgIpc) is 3.14. The van der Waals surface area contributed by atoms with Gasteiger partial charge in [0.05, 0.1) is 25.8 Å². The van der Waals surface area contributed by atoms with Gasteiger partial charge < -0.3 is 19.9 Å². The molecule has 7 heteroatoms. The van der Waals surface area contributed by atoms with Crippen molar-refractivity contribution in [1.82, 2.24) is 9.88 Å². The highest BCUT2D eigenvalue weighted by Crippen LogP contribution is 2.24. The molecule has 1 atom stereocenters. The molecule has 4 rings (SSSR count). The number of aromatic amines is 1. The number of H-pyrrole nitrogens is 1. The van der Waals surface area contributed by atoms with Crippen LogP contribution in [-0.4, -0.2) is 67.5 Å². The second kappa shape index (κ2) is 9.54. The molecule has 1 aromatic heterocycles. The molecule has 2 aromatic carbocycles. The van der Waals surface area contributed by atoms with Gasteiger partial charge in [0.15, 0.2) is 5.78 Å². The third-order valence-corrected chi connectivity index (χ3v) is 6.10. The molecule has 0 saturated carbocycles. The first kappa shape index (κ1) is 22.0. The van der Waals surface area contributed by atoms with Crippen molar-refractivity contribution in [3.8, 4) is 0 Å². The van der Waals surface area contributed by atoms with Crippen LogP contribution < -0.4 is 10.2 Å². The lowest BCUT2D eigenvalue weighted by Gasteiger charge is -2.29. The summed E-state index contributed by atoms with van der Waals surface area (Å²) in [6.45, 7) is 7.09. The third-order valence-electron chi connectivity index (χ3n) is 6.10. The van der Waals surface area contributed by atoms with Crippen molar-refractivity contribution in [3.63, 3.8) is 0 Å². The fourth-order valence-corrected chi connectivity index (χ4v) is 4.14. The van der Waals surface area contributed by atoms with E-state index in [2.05, 4.69) is 15.2 Å². The highest BCUT2D eigenvalue weighted by atomic mass is 16.5. The number of aromatic nitrogens is 1. The maximum atomic E-state index is 13.2. The minimum Gasteiger partial charge on any atom is -0.378 e. The highest BCUT2D eigenvalue weighted by molar-refractivity contribution is 6.11. The van der Waals surface area contributed by atoms with Crippen LogP contribution >= 0.6 is 0 Å². The molecule has 0 radical (unpaired) electrons. The maximum absolute atomic E-state index is 13.2. The van der Waals surface area contributed by atoms with Gasteiger partial charge in [0.25, 0.3) is 0 Å². The molecule has 2 heterocycles. The van der Waals surface area contributed by atoms with Crippen LogP contribution in [0.5, 0.6) is 0 Å². The lowest BCUT2D eigenvalue weighted by Crippen LogP contribution is -2.41. The Morgan fingerprint density at radius 3 is 2.53 bits per heavy atom. The molecule has 7 nitrogen and oxygen atoms in total. The number of hydrogen-bond acceptors (Lipinski definition) is 5. The van der Waals surface area contributed by atoms with E-state index in [0.717, 1.165) is 54.3 Å². The summed E-state index contributed by atoms with van der Waals surface area (Å²) in [5, 5.41) is 3.85. The number of aryl methyl sites for hydroxylation is 1.